The molecule has 0 aliphatic carbocycles. The summed E-state index contributed by atoms with van der Waals surface area (Å²) in [6, 6.07) is 3.93. The predicted molar refractivity (Wildman–Crippen MR) is 76.9 cm³/mol. The highest BCUT2D eigenvalue weighted by atomic mass is 32.1. The third kappa shape index (κ3) is 3.22. The van der Waals surface area contributed by atoms with Gasteiger partial charge in [-0.1, -0.05) is 11.2 Å². The molecule has 0 aromatic carbocycles. The number of amides is 1. The van der Waals surface area contributed by atoms with E-state index in [9.17, 15) is 4.79 Å². The molecule has 1 aliphatic heterocycles. The molecule has 1 amide bonds. The number of methoxy groups -OCH3 is 1. The quantitative estimate of drug-likeness (QED) is 0.859. The minimum atomic E-state index is -0.271. The van der Waals surface area contributed by atoms with Crippen LogP contribution in [0.15, 0.2) is 22.0 Å². The van der Waals surface area contributed by atoms with Gasteiger partial charge >= 0.3 is 6.09 Å². The number of hydrogen-bond donors (Lipinski definition) is 0. The highest BCUT2D eigenvalue weighted by Gasteiger charge is 2.22. The standard InChI is InChI=1S/C13H16N4O3S/c1-19-13(18)17-6-4-16(5-7-17)9-11-14-12(15-20-11)10-3-2-8-21-10/h2-3,8H,4-7,9H2,1H3. The summed E-state index contributed by atoms with van der Waals surface area (Å²) < 4.78 is 10.0. The zero-order valence-corrected chi connectivity index (χ0v) is 12.5. The van der Waals surface area contributed by atoms with Gasteiger partial charge in [0.2, 0.25) is 11.7 Å². The fourth-order valence-electron chi connectivity index (χ4n) is 2.23. The van der Waals surface area contributed by atoms with E-state index in [4.69, 9.17) is 9.26 Å². The molecule has 1 saturated heterocycles. The maximum absolute atomic E-state index is 11.4. The van der Waals surface area contributed by atoms with Gasteiger partial charge in [0.15, 0.2) is 0 Å². The summed E-state index contributed by atoms with van der Waals surface area (Å²) in [7, 11) is 1.40. The van der Waals surface area contributed by atoms with E-state index in [2.05, 4.69) is 15.0 Å². The van der Waals surface area contributed by atoms with Crippen molar-refractivity contribution in [1.82, 2.24) is 19.9 Å². The summed E-state index contributed by atoms with van der Waals surface area (Å²) in [6.45, 7) is 3.45. The summed E-state index contributed by atoms with van der Waals surface area (Å²) in [5.74, 6) is 1.23. The lowest BCUT2D eigenvalue weighted by atomic mass is 10.3. The van der Waals surface area contributed by atoms with Gasteiger partial charge in [0.1, 0.15) is 0 Å². The third-order valence-corrected chi connectivity index (χ3v) is 4.24. The maximum Gasteiger partial charge on any atom is 0.409 e. The van der Waals surface area contributed by atoms with E-state index >= 15 is 0 Å². The number of hydrogen-bond acceptors (Lipinski definition) is 7. The largest absolute Gasteiger partial charge is 0.453 e. The molecule has 7 nitrogen and oxygen atoms in total. The van der Waals surface area contributed by atoms with Crippen LogP contribution in [0.5, 0.6) is 0 Å². The van der Waals surface area contributed by atoms with Gasteiger partial charge in [-0.2, -0.15) is 4.98 Å². The molecule has 3 rings (SSSR count). The average Bonchev–Trinajstić information content (AvgIpc) is 3.18. The summed E-state index contributed by atoms with van der Waals surface area (Å²) >= 11 is 1.58. The first-order valence-electron chi connectivity index (χ1n) is 6.68. The molecular formula is C13H16N4O3S. The van der Waals surface area contributed by atoms with E-state index in [1.165, 1.54) is 7.11 Å². The van der Waals surface area contributed by atoms with Crippen molar-refractivity contribution in [1.29, 1.82) is 0 Å². The maximum atomic E-state index is 11.4. The predicted octanol–water partition coefficient (Wildman–Crippen LogP) is 1.68. The molecule has 0 saturated carbocycles. The smallest absolute Gasteiger partial charge is 0.409 e. The van der Waals surface area contributed by atoms with Gasteiger partial charge in [0, 0.05) is 26.2 Å². The van der Waals surface area contributed by atoms with E-state index in [0.717, 1.165) is 18.0 Å². The Labute approximate surface area is 126 Å². The first-order valence-corrected chi connectivity index (χ1v) is 7.56. The van der Waals surface area contributed by atoms with Crippen LogP contribution >= 0.6 is 11.3 Å². The minimum absolute atomic E-state index is 0.271. The number of carbonyl (C=O) groups is 1. The van der Waals surface area contributed by atoms with Crippen LogP contribution in [-0.4, -0.2) is 59.3 Å². The molecule has 1 fully saturated rings. The van der Waals surface area contributed by atoms with E-state index < -0.39 is 0 Å². The Balaban J connectivity index is 1.55. The van der Waals surface area contributed by atoms with Crippen LogP contribution in [0, 0.1) is 0 Å². The molecular weight excluding hydrogens is 292 g/mol. The van der Waals surface area contributed by atoms with Crippen molar-refractivity contribution < 1.29 is 14.1 Å². The van der Waals surface area contributed by atoms with Crippen LogP contribution < -0.4 is 0 Å². The number of piperazine rings is 1. The molecule has 112 valence electrons. The van der Waals surface area contributed by atoms with Crippen LogP contribution in [0.4, 0.5) is 4.79 Å². The molecule has 21 heavy (non-hydrogen) atoms. The molecule has 8 heteroatoms. The Kier molecular flexibility index (Phi) is 4.16. The second-order valence-corrected chi connectivity index (χ2v) is 5.67. The van der Waals surface area contributed by atoms with Gasteiger partial charge in [-0.05, 0) is 11.4 Å². The SMILES string of the molecule is COC(=O)N1CCN(Cc2nc(-c3cccs3)no2)CC1. The zero-order chi connectivity index (χ0) is 14.7. The van der Waals surface area contributed by atoms with Gasteiger partial charge < -0.3 is 14.2 Å². The van der Waals surface area contributed by atoms with Crippen LogP contribution in [0.1, 0.15) is 5.89 Å². The van der Waals surface area contributed by atoms with Gasteiger partial charge in [-0.15, -0.1) is 11.3 Å². The van der Waals surface area contributed by atoms with Crippen LogP contribution in [0.2, 0.25) is 0 Å². The molecule has 0 bridgehead atoms. The molecule has 0 atom stereocenters. The molecule has 1 aliphatic rings. The van der Waals surface area contributed by atoms with Crippen molar-refractivity contribution in [2.75, 3.05) is 33.3 Å². The van der Waals surface area contributed by atoms with E-state index in [-0.39, 0.29) is 6.09 Å². The lowest BCUT2D eigenvalue weighted by Gasteiger charge is -2.32. The summed E-state index contributed by atoms with van der Waals surface area (Å²) in [5, 5.41) is 5.98. The molecule has 0 radical (unpaired) electrons. The minimum Gasteiger partial charge on any atom is -0.453 e. The molecule has 3 heterocycles. The van der Waals surface area contributed by atoms with Crippen molar-refractivity contribution in [3.8, 4) is 10.7 Å². The summed E-state index contributed by atoms with van der Waals surface area (Å²) in [5.41, 5.74) is 0. The Morgan fingerprint density at radius 2 is 2.24 bits per heavy atom. The number of nitrogens with zero attached hydrogens (tertiary/aromatic N) is 4. The number of rotatable bonds is 3. The van der Waals surface area contributed by atoms with Gasteiger partial charge in [0.05, 0.1) is 18.5 Å². The van der Waals surface area contributed by atoms with Crippen molar-refractivity contribution in [2.45, 2.75) is 6.54 Å². The molecule has 2 aromatic heterocycles. The second kappa shape index (κ2) is 6.23. The first kappa shape index (κ1) is 14.0. The Morgan fingerprint density at radius 3 is 2.90 bits per heavy atom. The lowest BCUT2D eigenvalue weighted by molar-refractivity contribution is 0.0852. The highest BCUT2D eigenvalue weighted by Crippen LogP contribution is 2.21. The van der Waals surface area contributed by atoms with Crippen molar-refractivity contribution in [3.05, 3.63) is 23.4 Å². The number of ether oxygens (including phenoxy) is 1. The molecule has 0 spiro atoms. The lowest BCUT2D eigenvalue weighted by Crippen LogP contribution is -2.48. The first-order chi connectivity index (χ1) is 10.3. The fraction of sp³-hybridized carbons (Fsp3) is 0.462. The Morgan fingerprint density at radius 1 is 1.43 bits per heavy atom. The van der Waals surface area contributed by atoms with Crippen LogP contribution in [-0.2, 0) is 11.3 Å². The Bertz CT molecular complexity index is 590. The van der Waals surface area contributed by atoms with E-state index in [1.807, 2.05) is 17.5 Å². The van der Waals surface area contributed by atoms with Crippen LogP contribution in [0.3, 0.4) is 0 Å². The van der Waals surface area contributed by atoms with Gasteiger partial charge in [0.25, 0.3) is 0 Å². The van der Waals surface area contributed by atoms with Crippen molar-refractivity contribution in [2.24, 2.45) is 0 Å². The summed E-state index contributed by atoms with van der Waals surface area (Å²) in [4.78, 5) is 20.7. The number of aromatic nitrogens is 2. The van der Waals surface area contributed by atoms with Crippen molar-refractivity contribution in [3.63, 3.8) is 0 Å². The number of thiophene rings is 1. The third-order valence-electron chi connectivity index (χ3n) is 3.37. The van der Waals surface area contributed by atoms with Crippen molar-refractivity contribution >= 4 is 17.4 Å². The van der Waals surface area contributed by atoms with E-state index in [0.29, 0.717) is 31.3 Å². The topological polar surface area (TPSA) is 71.7 Å². The normalized spacial score (nSPS) is 16.1. The fourth-order valence-corrected chi connectivity index (χ4v) is 2.88. The van der Waals surface area contributed by atoms with Crippen LogP contribution in [0.25, 0.3) is 10.7 Å². The summed E-state index contributed by atoms with van der Waals surface area (Å²) in [6.07, 6.45) is -0.271. The molecule has 0 unspecified atom stereocenters. The average molecular weight is 308 g/mol. The monoisotopic (exact) mass is 308 g/mol. The van der Waals surface area contributed by atoms with Gasteiger partial charge in [-0.25, -0.2) is 4.79 Å². The zero-order valence-electron chi connectivity index (χ0n) is 11.7. The molecule has 2 aromatic rings. The van der Waals surface area contributed by atoms with Gasteiger partial charge in [-0.3, -0.25) is 4.90 Å². The van der Waals surface area contributed by atoms with E-state index in [1.54, 1.807) is 16.2 Å². The highest BCUT2D eigenvalue weighted by molar-refractivity contribution is 7.13. The number of carbonyl (C=O) groups excluding carboxylic acids is 1. The molecule has 0 N–H and O–H groups in total. The Hall–Kier alpha value is -1.93. The second-order valence-electron chi connectivity index (χ2n) is 4.72.